The lowest BCUT2D eigenvalue weighted by Crippen LogP contribution is -2.33. The predicted molar refractivity (Wildman–Crippen MR) is 220 cm³/mol. The zero-order chi connectivity index (χ0) is 39.3. The van der Waals surface area contributed by atoms with E-state index in [2.05, 4.69) is 95.7 Å². The fourth-order valence-corrected chi connectivity index (χ4v) is 8.64. The summed E-state index contributed by atoms with van der Waals surface area (Å²) in [5.41, 5.74) is 2.23. The Morgan fingerprint density at radius 1 is 0.754 bits per heavy atom. The van der Waals surface area contributed by atoms with Crippen molar-refractivity contribution in [1.82, 2.24) is 9.55 Å². The van der Waals surface area contributed by atoms with E-state index in [1.165, 1.54) is 10.8 Å². The molecule has 0 amide bonds. The number of H-pyrrole nitrogens is 1. The molecule has 9 heteroatoms. The molecule has 8 aromatic rings. The molecule has 9 rings (SSSR count). The van der Waals surface area contributed by atoms with Crippen LogP contribution in [0.15, 0.2) is 143 Å². The lowest BCUT2D eigenvalue weighted by Gasteiger charge is -2.39. The molecule has 282 valence electrons. The van der Waals surface area contributed by atoms with Crippen LogP contribution in [0.5, 0.6) is 11.5 Å². The van der Waals surface area contributed by atoms with Gasteiger partial charge >= 0.3 is 5.69 Å². The number of ether oxygens (including phenoxy) is 3. The van der Waals surface area contributed by atoms with Crippen molar-refractivity contribution in [3.63, 3.8) is 0 Å². The first-order chi connectivity index (χ1) is 27.8. The van der Waals surface area contributed by atoms with Gasteiger partial charge in [-0.05, 0) is 61.1 Å². The molecule has 7 aromatic carbocycles. The Morgan fingerprint density at radius 3 is 2.05 bits per heavy atom. The molecular formula is C48H38N2O7. The van der Waals surface area contributed by atoms with Gasteiger partial charge in [0.2, 0.25) is 0 Å². The Labute approximate surface area is 327 Å². The molecule has 9 nitrogen and oxygen atoms in total. The number of rotatable bonds is 8. The lowest BCUT2D eigenvalue weighted by molar-refractivity contribution is -0.0459. The van der Waals surface area contributed by atoms with Crippen molar-refractivity contribution >= 4 is 32.3 Å². The number of hydrogen-bond donors (Lipinski definition) is 3. The van der Waals surface area contributed by atoms with Crippen molar-refractivity contribution in [2.24, 2.45) is 0 Å². The third kappa shape index (κ3) is 5.85. The molecule has 57 heavy (non-hydrogen) atoms. The largest absolute Gasteiger partial charge is 0.497 e. The summed E-state index contributed by atoms with van der Waals surface area (Å²) in [5.74, 6) is 7.77. The summed E-state index contributed by atoms with van der Waals surface area (Å²) in [5, 5.41) is 26.2. The summed E-state index contributed by atoms with van der Waals surface area (Å²) in [4.78, 5) is 28.7. The molecule has 1 aromatic heterocycles. The van der Waals surface area contributed by atoms with E-state index in [0.29, 0.717) is 17.1 Å². The van der Waals surface area contributed by atoms with Crippen LogP contribution in [0.1, 0.15) is 46.0 Å². The van der Waals surface area contributed by atoms with Crippen molar-refractivity contribution in [1.29, 1.82) is 0 Å². The van der Waals surface area contributed by atoms with Gasteiger partial charge in [0, 0.05) is 29.8 Å². The van der Waals surface area contributed by atoms with Crippen LogP contribution in [0, 0.1) is 11.8 Å². The van der Waals surface area contributed by atoms with Gasteiger partial charge < -0.3 is 24.4 Å². The monoisotopic (exact) mass is 754 g/mol. The Balaban J connectivity index is 1.39. The number of aromatic amines is 1. The smallest absolute Gasteiger partial charge is 0.330 e. The first-order valence-corrected chi connectivity index (χ1v) is 18.7. The Morgan fingerprint density at radius 2 is 1.42 bits per heavy atom. The van der Waals surface area contributed by atoms with Gasteiger partial charge in [-0.1, -0.05) is 121 Å². The SMILES string of the molecule is COc1ccc(C(c2ccccc2)(c2ccccc2)c2cc(C#Cc3cn([C@H]4C[C@H](O)[C@@H](CO)O4)c(=O)[nH]c3=O)c3ccc4cccc5ccc2c3c45)c(OC)c1. The van der Waals surface area contributed by atoms with Crippen LogP contribution in [0.2, 0.25) is 0 Å². The third-order valence-electron chi connectivity index (χ3n) is 11.3. The average molecular weight is 755 g/mol. The van der Waals surface area contributed by atoms with E-state index in [0.717, 1.165) is 54.6 Å². The van der Waals surface area contributed by atoms with Gasteiger partial charge in [-0.15, -0.1) is 0 Å². The minimum Gasteiger partial charge on any atom is -0.497 e. The highest BCUT2D eigenvalue weighted by Crippen LogP contribution is 2.52. The van der Waals surface area contributed by atoms with Gasteiger partial charge in [0.05, 0.1) is 32.3 Å². The molecule has 0 unspecified atom stereocenters. The predicted octanol–water partition coefficient (Wildman–Crippen LogP) is 6.87. The fourth-order valence-electron chi connectivity index (χ4n) is 8.64. The van der Waals surface area contributed by atoms with Crippen LogP contribution < -0.4 is 20.7 Å². The van der Waals surface area contributed by atoms with Gasteiger partial charge in [-0.2, -0.15) is 0 Å². The normalized spacial score (nSPS) is 16.9. The number of aromatic nitrogens is 2. The third-order valence-corrected chi connectivity index (χ3v) is 11.3. The van der Waals surface area contributed by atoms with E-state index >= 15 is 0 Å². The van der Waals surface area contributed by atoms with E-state index in [-0.39, 0.29) is 12.0 Å². The van der Waals surface area contributed by atoms with Gasteiger partial charge in [0.25, 0.3) is 5.56 Å². The molecule has 3 N–H and O–H groups in total. The van der Waals surface area contributed by atoms with Gasteiger partial charge in [-0.25, -0.2) is 4.79 Å². The zero-order valence-corrected chi connectivity index (χ0v) is 31.2. The summed E-state index contributed by atoms with van der Waals surface area (Å²) >= 11 is 0. The Bertz CT molecular complexity index is 2910. The topological polar surface area (TPSA) is 123 Å². The Hall–Kier alpha value is -6.70. The lowest BCUT2D eigenvalue weighted by atomic mass is 9.63. The van der Waals surface area contributed by atoms with Crippen LogP contribution in [0.25, 0.3) is 32.3 Å². The fraction of sp³-hybridized carbons (Fsp3) is 0.167. The maximum atomic E-state index is 13.3. The van der Waals surface area contributed by atoms with Gasteiger partial charge in [-0.3, -0.25) is 14.3 Å². The van der Waals surface area contributed by atoms with Crippen molar-refractivity contribution < 1.29 is 24.4 Å². The molecule has 0 radical (unpaired) electrons. The van der Waals surface area contributed by atoms with Crippen molar-refractivity contribution in [2.75, 3.05) is 20.8 Å². The zero-order valence-electron chi connectivity index (χ0n) is 31.2. The summed E-state index contributed by atoms with van der Waals surface area (Å²) in [7, 11) is 3.30. The first-order valence-electron chi connectivity index (χ1n) is 18.7. The number of nitrogens with zero attached hydrogens (tertiary/aromatic N) is 1. The standard InChI is InChI=1S/C48H38N2O7/c1-55-35-20-23-38(41(25-35)56-2)48(33-12-5-3-6-13-33,34-14-7-4-8-15-34)39-24-31(36-21-18-29-10-9-11-30-19-22-37(39)45(36)44(29)30)16-17-32-27-50(47(54)49-46(32)53)43-26-40(52)42(28-51)57-43/h3-15,18-25,27,40,42-43,51-52H,26,28H2,1-2H3,(H,49,53,54)/t40-,42+,43+/m0/s1. The number of methoxy groups -OCH3 is 2. The van der Waals surface area contributed by atoms with Gasteiger partial charge in [0.15, 0.2) is 0 Å². The molecule has 1 fully saturated rings. The molecule has 0 bridgehead atoms. The number of hydrogen-bond acceptors (Lipinski definition) is 7. The van der Waals surface area contributed by atoms with E-state index in [1.54, 1.807) is 14.2 Å². The highest BCUT2D eigenvalue weighted by molar-refractivity contribution is 6.25. The average Bonchev–Trinajstić information content (AvgIpc) is 3.63. The quantitative estimate of drug-likeness (QED) is 0.0879. The van der Waals surface area contributed by atoms with Crippen LogP contribution in [-0.4, -0.2) is 52.8 Å². The summed E-state index contributed by atoms with van der Waals surface area (Å²) in [6.45, 7) is -0.407. The molecule has 1 saturated heterocycles. The highest BCUT2D eigenvalue weighted by atomic mass is 16.5. The van der Waals surface area contributed by atoms with Crippen molar-refractivity contribution in [3.05, 3.63) is 188 Å². The van der Waals surface area contributed by atoms with Gasteiger partial charge in [0.1, 0.15) is 29.4 Å². The second-order valence-electron chi connectivity index (χ2n) is 14.3. The minimum atomic E-state index is -0.970. The molecule has 0 aliphatic carbocycles. The highest BCUT2D eigenvalue weighted by Gasteiger charge is 2.42. The van der Waals surface area contributed by atoms with Crippen LogP contribution in [-0.2, 0) is 10.2 Å². The molecule has 1 aliphatic heterocycles. The molecule has 2 heterocycles. The second-order valence-corrected chi connectivity index (χ2v) is 14.3. The maximum Gasteiger partial charge on any atom is 0.330 e. The maximum absolute atomic E-state index is 13.3. The Kier molecular flexibility index (Phi) is 9.10. The van der Waals surface area contributed by atoms with Crippen LogP contribution in [0.4, 0.5) is 0 Å². The molecular weight excluding hydrogens is 717 g/mol. The van der Waals surface area contributed by atoms with Crippen LogP contribution >= 0.6 is 0 Å². The van der Waals surface area contributed by atoms with E-state index in [4.69, 9.17) is 14.2 Å². The van der Waals surface area contributed by atoms with E-state index < -0.39 is 41.7 Å². The first kappa shape index (κ1) is 36.0. The number of aliphatic hydroxyl groups excluding tert-OH is 2. The summed E-state index contributed by atoms with van der Waals surface area (Å²) in [6.07, 6.45) is -1.28. The van der Waals surface area contributed by atoms with E-state index in [9.17, 15) is 19.8 Å². The number of nitrogens with one attached hydrogen (secondary N) is 1. The number of aliphatic hydroxyl groups is 2. The summed E-state index contributed by atoms with van der Waals surface area (Å²) in [6, 6.07) is 43.5. The molecule has 0 saturated carbocycles. The van der Waals surface area contributed by atoms with Crippen LogP contribution in [0.3, 0.4) is 0 Å². The molecule has 3 atom stereocenters. The van der Waals surface area contributed by atoms with Crippen molar-refractivity contribution in [2.45, 2.75) is 30.3 Å². The van der Waals surface area contributed by atoms with Crippen molar-refractivity contribution in [3.8, 4) is 23.3 Å². The number of benzene rings is 7. The molecule has 1 aliphatic rings. The minimum absolute atomic E-state index is 0.0431. The second kappa shape index (κ2) is 14.4. The summed E-state index contributed by atoms with van der Waals surface area (Å²) < 4.78 is 18.9. The molecule has 0 spiro atoms. The van der Waals surface area contributed by atoms with E-state index in [1.807, 2.05) is 48.5 Å².